The molecule has 0 aromatic carbocycles. The van der Waals surface area contributed by atoms with Crippen LogP contribution in [-0.2, 0) is 0 Å². The molecule has 3 rings (SSSR count). The second-order valence-corrected chi connectivity index (χ2v) is 4.58. The maximum absolute atomic E-state index is 11.1. The van der Waals surface area contributed by atoms with Crippen LogP contribution in [-0.4, -0.2) is 20.5 Å². The summed E-state index contributed by atoms with van der Waals surface area (Å²) in [7, 11) is 0. The number of carboxylic acids is 1. The van der Waals surface area contributed by atoms with Crippen molar-refractivity contribution < 1.29 is 9.90 Å². The van der Waals surface area contributed by atoms with Crippen molar-refractivity contribution in [2.45, 2.75) is 31.6 Å². The lowest BCUT2D eigenvalue weighted by Gasteiger charge is -2.08. The highest BCUT2D eigenvalue weighted by molar-refractivity contribution is 5.95. The SMILES string of the molecule is O=C(O)c1cccn2c(C3CCCC3)ncc12. The van der Waals surface area contributed by atoms with Crippen molar-refractivity contribution in [1.82, 2.24) is 9.38 Å². The molecule has 88 valence electrons. The molecule has 0 amide bonds. The topological polar surface area (TPSA) is 54.6 Å². The molecule has 0 spiro atoms. The van der Waals surface area contributed by atoms with Crippen molar-refractivity contribution in [2.75, 3.05) is 0 Å². The highest BCUT2D eigenvalue weighted by Crippen LogP contribution is 2.33. The molecule has 0 radical (unpaired) electrons. The Morgan fingerprint density at radius 1 is 1.41 bits per heavy atom. The third-order valence-electron chi connectivity index (χ3n) is 3.55. The van der Waals surface area contributed by atoms with E-state index in [1.54, 1.807) is 18.3 Å². The van der Waals surface area contributed by atoms with Crippen LogP contribution in [0.25, 0.3) is 5.52 Å². The largest absolute Gasteiger partial charge is 0.478 e. The monoisotopic (exact) mass is 230 g/mol. The number of pyridine rings is 1. The Balaban J connectivity index is 2.15. The van der Waals surface area contributed by atoms with Gasteiger partial charge < -0.3 is 9.51 Å². The summed E-state index contributed by atoms with van der Waals surface area (Å²) >= 11 is 0. The van der Waals surface area contributed by atoms with E-state index in [-0.39, 0.29) is 0 Å². The van der Waals surface area contributed by atoms with Crippen molar-refractivity contribution in [3.8, 4) is 0 Å². The smallest absolute Gasteiger partial charge is 0.337 e. The van der Waals surface area contributed by atoms with E-state index in [1.165, 1.54) is 12.8 Å². The van der Waals surface area contributed by atoms with E-state index >= 15 is 0 Å². The summed E-state index contributed by atoms with van der Waals surface area (Å²) in [5, 5.41) is 9.12. The van der Waals surface area contributed by atoms with Gasteiger partial charge in [0, 0.05) is 12.1 Å². The zero-order valence-corrected chi connectivity index (χ0v) is 9.47. The van der Waals surface area contributed by atoms with E-state index in [0.29, 0.717) is 17.0 Å². The lowest BCUT2D eigenvalue weighted by atomic mass is 10.1. The molecule has 4 nitrogen and oxygen atoms in total. The Bertz CT molecular complexity index is 568. The average Bonchev–Trinajstić information content (AvgIpc) is 2.96. The number of carboxylic acid groups (broad SMARTS) is 1. The fourth-order valence-electron chi connectivity index (χ4n) is 2.71. The summed E-state index contributed by atoms with van der Waals surface area (Å²) in [5.74, 6) is 0.607. The van der Waals surface area contributed by atoms with E-state index in [2.05, 4.69) is 4.98 Å². The van der Waals surface area contributed by atoms with Crippen LogP contribution < -0.4 is 0 Å². The molecule has 0 bridgehead atoms. The summed E-state index contributed by atoms with van der Waals surface area (Å²) in [6.45, 7) is 0. The van der Waals surface area contributed by atoms with Crippen LogP contribution in [0.4, 0.5) is 0 Å². The van der Waals surface area contributed by atoms with Gasteiger partial charge in [0.15, 0.2) is 0 Å². The minimum Gasteiger partial charge on any atom is -0.478 e. The first-order valence-electron chi connectivity index (χ1n) is 5.96. The van der Waals surface area contributed by atoms with Gasteiger partial charge >= 0.3 is 5.97 Å². The summed E-state index contributed by atoms with van der Waals surface area (Å²) in [5.41, 5.74) is 1.02. The van der Waals surface area contributed by atoms with Crippen LogP contribution in [0.2, 0.25) is 0 Å². The number of aromatic carboxylic acids is 1. The van der Waals surface area contributed by atoms with Crippen LogP contribution in [0.1, 0.15) is 47.8 Å². The summed E-state index contributed by atoms with van der Waals surface area (Å²) < 4.78 is 1.93. The Morgan fingerprint density at radius 3 is 2.88 bits per heavy atom. The van der Waals surface area contributed by atoms with Gasteiger partial charge in [0.1, 0.15) is 5.82 Å². The zero-order valence-electron chi connectivity index (χ0n) is 9.47. The Labute approximate surface area is 98.9 Å². The van der Waals surface area contributed by atoms with Crippen molar-refractivity contribution in [3.05, 3.63) is 35.9 Å². The van der Waals surface area contributed by atoms with E-state index in [9.17, 15) is 4.79 Å². The standard InChI is InChI=1S/C13H14N2O2/c16-13(17)10-6-3-7-15-11(10)8-14-12(15)9-4-1-2-5-9/h3,6-9H,1-2,4-5H2,(H,16,17). The fourth-order valence-corrected chi connectivity index (χ4v) is 2.71. The molecule has 2 aromatic heterocycles. The summed E-state index contributed by atoms with van der Waals surface area (Å²) in [6, 6.07) is 3.40. The minimum absolute atomic E-state index is 0.323. The normalized spacial score (nSPS) is 16.7. The van der Waals surface area contributed by atoms with Gasteiger partial charge in [-0.25, -0.2) is 9.78 Å². The van der Waals surface area contributed by atoms with E-state index < -0.39 is 5.97 Å². The van der Waals surface area contributed by atoms with E-state index in [0.717, 1.165) is 18.7 Å². The molecule has 0 unspecified atom stereocenters. The van der Waals surface area contributed by atoms with Gasteiger partial charge in [-0.15, -0.1) is 0 Å². The molecular weight excluding hydrogens is 216 g/mol. The molecular formula is C13H14N2O2. The van der Waals surface area contributed by atoms with Gasteiger partial charge in [-0.05, 0) is 25.0 Å². The van der Waals surface area contributed by atoms with Crippen LogP contribution in [0.15, 0.2) is 24.5 Å². The van der Waals surface area contributed by atoms with Gasteiger partial charge in [0.25, 0.3) is 0 Å². The molecule has 0 saturated heterocycles. The molecule has 1 fully saturated rings. The highest BCUT2D eigenvalue weighted by atomic mass is 16.4. The Morgan fingerprint density at radius 2 is 2.18 bits per heavy atom. The number of imidazole rings is 1. The van der Waals surface area contributed by atoms with E-state index in [4.69, 9.17) is 5.11 Å². The Hall–Kier alpha value is -1.84. The van der Waals surface area contributed by atoms with Gasteiger partial charge in [-0.1, -0.05) is 12.8 Å². The lowest BCUT2D eigenvalue weighted by Crippen LogP contribution is -2.03. The molecule has 1 aliphatic rings. The third-order valence-corrected chi connectivity index (χ3v) is 3.55. The van der Waals surface area contributed by atoms with Crippen molar-refractivity contribution >= 4 is 11.5 Å². The maximum Gasteiger partial charge on any atom is 0.337 e. The van der Waals surface area contributed by atoms with Crippen molar-refractivity contribution in [3.63, 3.8) is 0 Å². The third kappa shape index (κ3) is 1.60. The van der Waals surface area contributed by atoms with Crippen LogP contribution in [0.5, 0.6) is 0 Å². The molecule has 0 aliphatic heterocycles. The number of nitrogens with zero attached hydrogens (tertiary/aromatic N) is 2. The molecule has 2 heterocycles. The molecule has 1 aliphatic carbocycles. The summed E-state index contributed by atoms with van der Waals surface area (Å²) in [6.07, 6.45) is 8.41. The first-order valence-corrected chi connectivity index (χ1v) is 5.96. The molecule has 1 N–H and O–H groups in total. The van der Waals surface area contributed by atoms with Crippen molar-refractivity contribution in [1.29, 1.82) is 0 Å². The number of aromatic nitrogens is 2. The Kier molecular flexibility index (Phi) is 2.35. The average molecular weight is 230 g/mol. The molecule has 2 aromatic rings. The zero-order chi connectivity index (χ0) is 11.8. The number of hydrogen-bond acceptors (Lipinski definition) is 2. The second kappa shape index (κ2) is 3.87. The van der Waals surface area contributed by atoms with Gasteiger partial charge in [0.05, 0.1) is 17.3 Å². The van der Waals surface area contributed by atoms with Crippen molar-refractivity contribution in [2.24, 2.45) is 0 Å². The number of hydrogen-bond donors (Lipinski definition) is 1. The molecule has 4 heteroatoms. The number of rotatable bonds is 2. The maximum atomic E-state index is 11.1. The molecule has 0 atom stereocenters. The number of fused-ring (bicyclic) bond motifs is 1. The summed E-state index contributed by atoms with van der Waals surface area (Å²) in [4.78, 5) is 15.5. The number of carbonyl (C=O) groups is 1. The van der Waals surface area contributed by atoms with Crippen LogP contribution in [0, 0.1) is 0 Å². The van der Waals surface area contributed by atoms with Crippen LogP contribution >= 0.6 is 0 Å². The lowest BCUT2D eigenvalue weighted by molar-refractivity contribution is 0.0698. The van der Waals surface area contributed by atoms with Gasteiger partial charge in [-0.3, -0.25) is 0 Å². The minimum atomic E-state index is -0.895. The molecule has 17 heavy (non-hydrogen) atoms. The fraction of sp³-hybridized carbons (Fsp3) is 0.385. The predicted octanol–water partition coefficient (Wildman–Crippen LogP) is 2.69. The van der Waals surface area contributed by atoms with Crippen LogP contribution in [0.3, 0.4) is 0 Å². The van der Waals surface area contributed by atoms with Gasteiger partial charge in [0.2, 0.25) is 0 Å². The first kappa shape index (κ1) is 10.3. The highest BCUT2D eigenvalue weighted by Gasteiger charge is 2.22. The first-order chi connectivity index (χ1) is 8.27. The molecule has 1 saturated carbocycles. The quantitative estimate of drug-likeness (QED) is 0.862. The van der Waals surface area contributed by atoms with E-state index in [1.807, 2.05) is 10.6 Å². The second-order valence-electron chi connectivity index (χ2n) is 4.58. The van der Waals surface area contributed by atoms with Gasteiger partial charge in [-0.2, -0.15) is 0 Å². The predicted molar refractivity (Wildman–Crippen MR) is 63.4 cm³/mol.